The van der Waals surface area contributed by atoms with Crippen LogP contribution in [0.1, 0.15) is 30.6 Å². The number of aromatic nitrogens is 3. The minimum atomic E-state index is 0.638. The molecule has 0 radical (unpaired) electrons. The van der Waals surface area contributed by atoms with Crippen molar-refractivity contribution in [2.75, 3.05) is 19.1 Å². The zero-order chi connectivity index (χ0) is 14.3. The van der Waals surface area contributed by atoms with Crippen LogP contribution in [-0.2, 0) is 13.0 Å². The maximum Gasteiger partial charge on any atom is 0.215 e. The summed E-state index contributed by atoms with van der Waals surface area (Å²) in [5.41, 5.74) is 3.44. The van der Waals surface area contributed by atoms with Gasteiger partial charge in [0.05, 0.1) is 30.7 Å². The first-order chi connectivity index (χ1) is 9.65. The fourth-order valence-electron chi connectivity index (χ4n) is 2.76. The van der Waals surface area contributed by atoms with Gasteiger partial charge >= 0.3 is 0 Å². The SMILES string of the molecule is CCCc1nc(C)c2n1-c1nc(OC)ccc1N(C)C2. The molecule has 0 unspecified atom stereocenters. The van der Waals surface area contributed by atoms with E-state index in [0.29, 0.717) is 5.88 Å². The number of hydrogen-bond acceptors (Lipinski definition) is 4. The van der Waals surface area contributed by atoms with Crippen LogP contribution in [-0.4, -0.2) is 28.7 Å². The second-order valence-electron chi connectivity index (χ2n) is 5.20. The highest BCUT2D eigenvalue weighted by Crippen LogP contribution is 2.33. The summed E-state index contributed by atoms with van der Waals surface area (Å²) in [4.78, 5) is 11.6. The first-order valence-electron chi connectivity index (χ1n) is 6.99. The molecular formula is C15H20N4O. The van der Waals surface area contributed by atoms with Gasteiger partial charge in [-0.25, -0.2) is 4.98 Å². The van der Waals surface area contributed by atoms with E-state index in [1.807, 2.05) is 6.07 Å². The number of anilines is 1. The highest BCUT2D eigenvalue weighted by molar-refractivity contribution is 5.63. The Morgan fingerprint density at radius 3 is 2.80 bits per heavy atom. The van der Waals surface area contributed by atoms with Crippen LogP contribution in [0.3, 0.4) is 0 Å². The summed E-state index contributed by atoms with van der Waals surface area (Å²) in [5, 5.41) is 0. The average Bonchev–Trinajstić information content (AvgIpc) is 2.75. The number of rotatable bonds is 3. The third-order valence-electron chi connectivity index (χ3n) is 3.76. The van der Waals surface area contributed by atoms with Gasteiger partial charge < -0.3 is 9.64 Å². The molecule has 0 aliphatic carbocycles. The van der Waals surface area contributed by atoms with Crippen molar-refractivity contribution < 1.29 is 4.74 Å². The van der Waals surface area contributed by atoms with Crippen molar-refractivity contribution in [1.82, 2.24) is 14.5 Å². The summed E-state index contributed by atoms with van der Waals surface area (Å²) in [6.07, 6.45) is 2.04. The van der Waals surface area contributed by atoms with Crippen LogP contribution in [0.25, 0.3) is 5.82 Å². The molecule has 0 amide bonds. The molecule has 3 rings (SSSR count). The molecule has 0 aromatic carbocycles. The molecule has 0 N–H and O–H groups in total. The van der Waals surface area contributed by atoms with Gasteiger partial charge in [0.1, 0.15) is 5.82 Å². The molecule has 1 aliphatic heterocycles. The van der Waals surface area contributed by atoms with Gasteiger partial charge in [0.15, 0.2) is 5.82 Å². The molecule has 1 aliphatic rings. The predicted molar refractivity (Wildman–Crippen MR) is 78.8 cm³/mol. The Morgan fingerprint density at radius 1 is 1.30 bits per heavy atom. The number of fused-ring (bicyclic) bond motifs is 3. The average molecular weight is 272 g/mol. The zero-order valence-corrected chi connectivity index (χ0v) is 12.5. The van der Waals surface area contributed by atoms with Crippen LogP contribution in [0.15, 0.2) is 12.1 Å². The Morgan fingerprint density at radius 2 is 2.10 bits per heavy atom. The largest absolute Gasteiger partial charge is 0.481 e. The molecule has 0 spiro atoms. The van der Waals surface area contributed by atoms with Gasteiger partial charge in [-0.15, -0.1) is 0 Å². The Hall–Kier alpha value is -2.04. The standard InChI is InChI=1S/C15H20N4O/c1-5-6-13-16-10(2)12-9-18(3)11-7-8-14(20-4)17-15(11)19(12)13/h7-8H,5-6,9H2,1-4H3. The van der Waals surface area contributed by atoms with E-state index in [0.717, 1.165) is 42.4 Å². The van der Waals surface area contributed by atoms with Crippen molar-refractivity contribution in [3.63, 3.8) is 0 Å². The maximum atomic E-state index is 5.27. The molecule has 3 heterocycles. The molecule has 0 saturated carbocycles. The molecule has 0 saturated heterocycles. The van der Waals surface area contributed by atoms with Gasteiger partial charge in [-0.1, -0.05) is 6.92 Å². The van der Waals surface area contributed by atoms with Crippen molar-refractivity contribution >= 4 is 5.69 Å². The van der Waals surface area contributed by atoms with Gasteiger partial charge in [0.25, 0.3) is 0 Å². The van der Waals surface area contributed by atoms with Gasteiger partial charge in [-0.2, -0.15) is 4.98 Å². The molecule has 5 nitrogen and oxygen atoms in total. The predicted octanol–water partition coefficient (Wildman–Crippen LogP) is 2.49. The van der Waals surface area contributed by atoms with Crippen LogP contribution >= 0.6 is 0 Å². The molecule has 5 heteroatoms. The lowest BCUT2D eigenvalue weighted by molar-refractivity contribution is 0.397. The quantitative estimate of drug-likeness (QED) is 0.861. The second-order valence-corrected chi connectivity index (χ2v) is 5.20. The summed E-state index contributed by atoms with van der Waals surface area (Å²) in [7, 11) is 3.73. The van der Waals surface area contributed by atoms with E-state index in [-0.39, 0.29) is 0 Å². The normalized spacial score (nSPS) is 13.1. The number of aryl methyl sites for hydroxylation is 2. The van der Waals surface area contributed by atoms with Crippen LogP contribution < -0.4 is 9.64 Å². The lowest BCUT2D eigenvalue weighted by Crippen LogP contribution is -2.27. The third-order valence-corrected chi connectivity index (χ3v) is 3.76. The summed E-state index contributed by atoms with van der Waals surface area (Å²) in [6.45, 7) is 5.11. The van der Waals surface area contributed by atoms with Gasteiger partial charge in [-0.05, 0) is 19.4 Å². The van der Waals surface area contributed by atoms with Gasteiger partial charge in [0, 0.05) is 19.5 Å². The molecule has 2 aromatic heterocycles. The molecule has 0 bridgehead atoms. The first kappa shape index (κ1) is 13.0. The molecule has 0 fully saturated rings. The van der Waals surface area contributed by atoms with Crippen molar-refractivity contribution in [3.8, 4) is 11.7 Å². The summed E-state index contributed by atoms with van der Waals surface area (Å²) >= 11 is 0. The van der Waals surface area contributed by atoms with Crippen molar-refractivity contribution in [2.24, 2.45) is 0 Å². The summed E-state index contributed by atoms with van der Waals surface area (Å²) in [5.74, 6) is 2.66. The number of nitrogens with zero attached hydrogens (tertiary/aromatic N) is 4. The first-order valence-corrected chi connectivity index (χ1v) is 6.99. The lowest BCUT2D eigenvalue weighted by atomic mass is 10.2. The van der Waals surface area contributed by atoms with Crippen LogP contribution in [0, 0.1) is 6.92 Å². The molecule has 20 heavy (non-hydrogen) atoms. The molecule has 2 aromatic rings. The topological polar surface area (TPSA) is 43.2 Å². The minimum absolute atomic E-state index is 0.638. The minimum Gasteiger partial charge on any atom is -0.481 e. The fraction of sp³-hybridized carbons (Fsp3) is 0.467. The summed E-state index contributed by atoms with van der Waals surface area (Å²) < 4.78 is 7.48. The fourth-order valence-corrected chi connectivity index (χ4v) is 2.76. The number of imidazole rings is 1. The van der Waals surface area contributed by atoms with Crippen molar-refractivity contribution in [3.05, 3.63) is 29.3 Å². The second kappa shape index (κ2) is 4.81. The number of pyridine rings is 1. The Bertz CT molecular complexity index is 648. The van der Waals surface area contributed by atoms with Gasteiger partial charge in [-0.3, -0.25) is 4.57 Å². The van der Waals surface area contributed by atoms with Crippen LogP contribution in [0.5, 0.6) is 5.88 Å². The van der Waals surface area contributed by atoms with Crippen molar-refractivity contribution in [2.45, 2.75) is 33.2 Å². The highest BCUT2D eigenvalue weighted by Gasteiger charge is 2.26. The van der Waals surface area contributed by atoms with E-state index in [9.17, 15) is 0 Å². The smallest absolute Gasteiger partial charge is 0.215 e. The maximum absolute atomic E-state index is 5.27. The van der Waals surface area contributed by atoms with E-state index < -0.39 is 0 Å². The number of hydrogen-bond donors (Lipinski definition) is 0. The Kier molecular flexibility index (Phi) is 3.12. The lowest BCUT2D eigenvalue weighted by Gasteiger charge is -2.29. The van der Waals surface area contributed by atoms with E-state index >= 15 is 0 Å². The molecular weight excluding hydrogens is 252 g/mol. The third kappa shape index (κ3) is 1.85. The monoisotopic (exact) mass is 272 g/mol. The molecule has 106 valence electrons. The van der Waals surface area contributed by atoms with E-state index in [1.54, 1.807) is 7.11 Å². The van der Waals surface area contributed by atoms with Gasteiger partial charge in [0.2, 0.25) is 5.88 Å². The number of ether oxygens (including phenoxy) is 1. The number of methoxy groups -OCH3 is 1. The highest BCUT2D eigenvalue weighted by atomic mass is 16.5. The van der Waals surface area contributed by atoms with E-state index in [2.05, 4.69) is 41.4 Å². The van der Waals surface area contributed by atoms with E-state index in [4.69, 9.17) is 9.72 Å². The van der Waals surface area contributed by atoms with Crippen LogP contribution in [0.4, 0.5) is 5.69 Å². The zero-order valence-electron chi connectivity index (χ0n) is 12.5. The molecule has 0 atom stereocenters. The van der Waals surface area contributed by atoms with Crippen molar-refractivity contribution in [1.29, 1.82) is 0 Å². The van der Waals surface area contributed by atoms with Crippen LogP contribution in [0.2, 0.25) is 0 Å². The van der Waals surface area contributed by atoms with E-state index in [1.165, 1.54) is 5.69 Å². The Balaban J connectivity index is 2.24. The summed E-state index contributed by atoms with van der Waals surface area (Å²) in [6, 6.07) is 3.97. The Labute approximate surface area is 119 Å².